The molecule has 2 aromatic carbocycles. The van der Waals surface area contributed by atoms with Gasteiger partial charge in [0.25, 0.3) is 0 Å². The third-order valence-electron chi connectivity index (χ3n) is 3.07. The number of hydrogen-bond acceptors (Lipinski definition) is 2. The lowest BCUT2D eigenvalue weighted by atomic mass is 10.1. The maximum absolute atomic E-state index is 12.4. The molecule has 4 heteroatoms. The van der Waals surface area contributed by atoms with Crippen LogP contribution in [0.1, 0.15) is 21.7 Å². The van der Waals surface area contributed by atoms with E-state index in [4.69, 9.17) is 27.6 Å². The fourth-order valence-electron chi connectivity index (χ4n) is 2.08. The molecule has 100 valence electrons. The summed E-state index contributed by atoms with van der Waals surface area (Å²) in [5.41, 5.74) is 2.13. The molecule has 2 nitrogen and oxygen atoms in total. The maximum atomic E-state index is 12.4. The molecule has 0 saturated carbocycles. The van der Waals surface area contributed by atoms with E-state index >= 15 is 0 Å². The number of furan rings is 1. The number of halogens is 2. The summed E-state index contributed by atoms with van der Waals surface area (Å²) in [6.07, 6.45) is 0. The zero-order chi connectivity index (χ0) is 14.3. The SMILES string of the molecule is Cc1ccc2oc(C(=O)c3cc(Cl)ccc3Cl)cc2c1. The van der Waals surface area contributed by atoms with Crippen LogP contribution in [0.3, 0.4) is 0 Å². The Balaban J connectivity index is 2.10. The number of ketones is 1. The predicted molar refractivity (Wildman–Crippen MR) is 80.8 cm³/mol. The number of benzene rings is 2. The van der Waals surface area contributed by atoms with Crippen LogP contribution in [0.5, 0.6) is 0 Å². The van der Waals surface area contributed by atoms with Crippen molar-refractivity contribution in [3.63, 3.8) is 0 Å². The Morgan fingerprint density at radius 3 is 2.65 bits per heavy atom. The number of aryl methyl sites for hydroxylation is 1. The van der Waals surface area contributed by atoms with Crippen molar-refractivity contribution in [2.75, 3.05) is 0 Å². The summed E-state index contributed by atoms with van der Waals surface area (Å²) in [7, 11) is 0. The molecule has 0 aliphatic rings. The van der Waals surface area contributed by atoms with Gasteiger partial charge in [0.2, 0.25) is 5.78 Å². The zero-order valence-electron chi connectivity index (χ0n) is 10.6. The van der Waals surface area contributed by atoms with Crippen molar-refractivity contribution >= 4 is 40.0 Å². The monoisotopic (exact) mass is 304 g/mol. The first-order valence-electron chi connectivity index (χ1n) is 6.04. The molecule has 0 amide bonds. The Morgan fingerprint density at radius 2 is 1.85 bits per heavy atom. The van der Waals surface area contributed by atoms with Crippen LogP contribution in [0.25, 0.3) is 11.0 Å². The molecule has 0 saturated heterocycles. The molecular weight excluding hydrogens is 295 g/mol. The van der Waals surface area contributed by atoms with Crippen LogP contribution in [0, 0.1) is 6.92 Å². The summed E-state index contributed by atoms with van der Waals surface area (Å²) in [5.74, 6) is -0.0129. The minimum absolute atomic E-state index is 0.259. The lowest BCUT2D eigenvalue weighted by Gasteiger charge is -2.01. The molecule has 0 N–H and O–H groups in total. The van der Waals surface area contributed by atoms with Gasteiger partial charge >= 0.3 is 0 Å². The van der Waals surface area contributed by atoms with Crippen LogP contribution in [-0.2, 0) is 0 Å². The van der Waals surface area contributed by atoms with Crippen molar-refractivity contribution in [3.8, 4) is 0 Å². The number of rotatable bonds is 2. The van der Waals surface area contributed by atoms with Crippen LogP contribution >= 0.6 is 23.2 Å². The second kappa shape index (κ2) is 4.97. The molecule has 0 spiro atoms. The Hall–Kier alpha value is -1.77. The predicted octanol–water partition coefficient (Wildman–Crippen LogP) is 5.28. The highest BCUT2D eigenvalue weighted by atomic mass is 35.5. The first-order valence-corrected chi connectivity index (χ1v) is 6.80. The molecule has 0 unspecified atom stereocenters. The minimum Gasteiger partial charge on any atom is -0.453 e. The van der Waals surface area contributed by atoms with Gasteiger partial charge in [-0.1, -0.05) is 34.8 Å². The van der Waals surface area contributed by atoms with E-state index in [0.717, 1.165) is 10.9 Å². The van der Waals surface area contributed by atoms with Gasteiger partial charge < -0.3 is 4.42 Å². The highest BCUT2D eigenvalue weighted by Gasteiger charge is 2.17. The van der Waals surface area contributed by atoms with Crippen molar-refractivity contribution in [2.24, 2.45) is 0 Å². The van der Waals surface area contributed by atoms with Crippen LogP contribution in [-0.4, -0.2) is 5.78 Å². The van der Waals surface area contributed by atoms with E-state index in [2.05, 4.69) is 0 Å². The molecule has 3 rings (SSSR count). The largest absolute Gasteiger partial charge is 0.453 e. The van der Waals surface area contributed by atoms with Crippen LogP contribution in [0.15, 0.2) is 46.9 Å². The summed E-state index contributed by atoms with van der Waals surface area (Å²) < 4.78 is 5.58. The quantitative estimate of drug-likeness (QED) is 0.603. The maximum Gasteiger partial charge on any atom is 0.229 e. The summed E-state index contributed by atoms with van der Waals surface area (Å²) >= 11 is 12.0. The number of hydrogen-bond donors (Lipinski definition) is 0. The van der Waals surface area contributed by atoms with Gasteiger partial charge in [0.1, 0.15) is 5.58 Å². The molecule has 20 heavy (non-hydrogen) atoms. The molecule has 0 radical (unpaired) electrons. The van der Waals surface area contributed by atoms with E-state index in [-0.39, 0.29) is 11.5 Å². The third-order valence-corrected chi connectivity index (χ3v) is 3.63. The van der Waals surface area contributed by atoms with Crippen molar-refractivity contribution < 1.29 is 9.21 Å². The van der Waals surface area contributed by atoms with Gasteiger partial charge in [-0.25, -0.2) is 0 Å². The third kappa shape index (κ3) is 2.33. The molecule has 3 aromatic rings. The average molecular weight is 305 g/mol. The van der Waals surface area contributed by atoms with Crippen molar-refractivity contribution in [2.45, 2.75) is 6.92 Å². The van der Waals surface area contributed by atoms with Gasteiger partial charge in [-0.15, -0.1) is 0 Å². The zero-order valence-corrected chi connectivity index (χ0v) is 12.1. The summed E-state index contributed by atoms with van der Waals surface area (Å²) in [5, 5.41) is 1.72. The van der Waals surface area contributed by atoms with E-state index in [9.17, 15) is 4.79 Å². The molecule has 0 bridgehead atoms. The van der Waals surface area contributed by atoms with E-state index in [1.807, 2.05) is 25.1 Å². The van der Waals surface area contributed by atoms with Crippen LogP contribution in [0.2, 0.25) is 10.0 Å². The molecule has 1 aromatic heterocycles. The second-order valence-electron chi connectivity index (χ2n) is 4.61. The fourth-order valence-corrected chi connectivity index (χ4v) is 2.45. The number of carbonyl (C=O) groups is 1. The average Bonchev–Trinajstić information content (AvgIpc) is 2.83. The van der Waals surface area contributed by atoms with E-state index in [1.165, 1.54) is 0 Å². The topological polar surface area (TPSA) is 30.2 Å². The minimum atomic E-state index is -0.272. The summed E-state index contributed by atoms with van der Waals surface area (Å²) in [6.45, 7) is 1.99. The number of carbonyl (C=O) groups excluding carboxylic acids is 1. The Morgan fingerprint density at radius 1 is 1.05 bits per heavy atom. The highest BCUT2D eigenvalue weighted by Crippen LogP contribution is 2.27. The summed E-state index contributed by atoms with van der Waals surface area (Å²) in [4.78, 5) is 12.4. The van der Waals surface area contributed by atoms with E-state index < -0.39 is 0 Å². The van der Waals surface area contributed by atoms with Gasteiger partial charge in [-0.2, -0.15) is 0 Å². The highest BCUT2D eigenvalue weighted by molar-refractivity contribution is 6.36. The molecule has 1 heterocycles. The van der Waals surface area contributed by atoms with Gasteiger partial charge in [0.05, 0.1) is 5.02 Å². The normalized spacial score (nSPS) is 10.9. The smallest absolute Gasteiger partial charge is 0.229 e. The van der Waals surface area contributed by atoms with Gasteiger partial charge in [0.15, 0.2) is 5.76 Å². The molecule has 0 aliphatic carbocycles. The van der Waals surface area contributed by atoms with Crippen LogP contribution in [0.4, 0.5) is 0 Å². The molecule has 0 aliphatic heterocycles. The van der Waals surface area contributed by atoms with Crippen LogP contribution < -0.4 is 0 Å². The Kier molecular flexibility index (Phi) is 3.28. The van der Waals surface area contributed by atoms with Gasteiger partial charge in [0, 0.05) is 16.0 Å². The standard InChI is InChI=1S/C16H10Cl2O2/c1-9-2-5-14-10(6-9)7-15(20-14)16(19)12-8-11(17)3-4-13(12)18/h2-8H,1H3. The van der Waals surface area contributed by atoms with Gasteiger partial charge in [-0.3, -0.25) is 4.79 Å². The fraction of sp³-hybridized carbons (Fsp3) is 0.0625. The van der Waals surface area contributed by atoms with E-state index in [0.29, 0.717) is 21.2 Å². The number of fused-ring (bicyclic) bond motifs is 1. The first-order chi connectivity index (χ1) is 9.54. The lowest BCUT2D eigenvalue weighted by molar-refractivity contribution is 0.101. The first kappa shape index (κ1) is 13.2. The molecule has 0 atom stereocenters. The Bertz CT molecular complexity index is 818. The summed E-state index contributed by atoms with van der Waals surface area (Å²) in [6, 6.07) is 12.3. The lowest BCUT2D eigenvalue weighted by Crippen LogP contribution is -2.00. The van der Waals surface area contributed by atoms with Crippen molar-refractivity contribution in [1.29, 1.82) is 0 Å². The van der Waals surface area contributed by atoms with Gasteiger partial charge in [-0.05, 0) is 43.3 Å². The molecular formula is C16H10Cl2O2. The molecule has 0 fully saturated rings. The van der Waals surface area contributed by atoms with Crippen molar-refractivity contribution in [1.82, 2.24) is 0 Å². The van der Waals surface area contributed by atoms with Crippen molar-refractivity contribution in [3.05, 3.63) is 69.4 Å². The second-order valence-corrected chi connectivity index (χ2v) is 5.45. The Labute approximate surface area is 125 Å². The van der Waals surface area contributed by atoms with E-state index in [1.54, 1.807) is 24.3 Å².